The zero-order valence-electron chi connectivity index (χ0n) is 26.9. The molecular formula is C32H36ClF5N4O5S2. The molecule has 3 atom stereocenters. The van der Waals surface area contributed by atoms with Crippen LogP contribution in [-0.4, -0.2) is 76.1 Å². The summed E-state index contributed by atoms with van der Waals surface area (Å²) in [4.78, 5) is 4.49. The molecule has 1 fully saturated rings. The third-order valence-electron chi connectivity index (χ3n) is 8.64. The number of nitrogens with one attached hydrogen (secondary N) is 1. The average Bonchev–Trinajstić information content (AvgIpc) is 3.59. The summed E-state index contributed by atoms with van der Waals surface area (Å²) >= 11 is 7.17. The van der Waals surface area contributed by atoms with Crippen molar-refractivity contribution in [1.29, 1.82) is 0 Å². The zero-order valence-corrected chi connectivity index (χ0v) is 29.3. The number of halogens is 6. The van der Waals surface area contributed by atoms with E-state index in [-0.39, 0.29) is 49.9 Å². The number of benzene rings is 2. The predicted molar refractivity (Wildman–Crippen MR) is 177 cm³/mol. The Balaban J connectivity index is 1.40. The molecule has 1 N–H and O–H groups in total. The summed E-state index contributed by atoms with van der Waals surface area (Å²) in [6.07, 6.45) is 0.264. The number of ether oxygens (including phenoxy) is 3. The molecule has 2 aromatic carbocycles. The summed E-state index contributed by atoms with van der Waals surface area (Å²) in [6.45, 7) is 0.607. The van der Waals surface area contributed by atoms with E-state index in [1.54, 1.807) is 24.3 Å². The van der Waals surface area contributed by atoms with E-state index in [1.807, 2.05) is 13.0 Å². The molecule has 1 saturated heterocycles. The van der Waals surface area contributed by atoms with Crippen LogP contribution in [0.2, 0.25) is 0 Å². The van der Waals surface area contributed by atoms with Crippen molar-refractivity contribution in [2.24, 2.45) is 22.7 Å². The van der Waals surface area contributed by atoms with Crippen LogP contribution in [0.15, 0.2) is 63.0 Å². The number of nitrogens with zero attached hydrogens (tertiary/aromatic N) is 3. The minimum Gasteiger partial charge on any atom is -0.497 e. The standard InChI is InChI=1S/C32H36ClF5N4O5S2/c1-19-10-20(5-7-25(19)33)24-8-9-41(17-32(36,37)38)14-22(24)16-47-29-12-27(35)30(13-26(29)34)49(43,44)42(31-39-18-40-48-31)15-21-4-6-23(45-2)11-28(21)46-3/h4-7,11-13,19,22,24,40H,8-10,14-18H2,1-3H3/t19?,22-,24-/m0/s1. The Kier molecular flexibility index (Phi) is 11.7. The maximum absolute atomic E-state index is 15.7. The Labute approximate surface area is 291 Å². The highest BCUT2D eigenvalue weighted by Gasteiger charge is 2.39. The van der Waals surface area contributed by atoms with E-state index in [0.717, 1.165) is 21.8 Å². The number of hydrogen-bond acceptors (Lipinski definition) is 9. The lowest BCUT2D eigenvalue weighted by molar-refractivity contribution is -0.151. The molecule has 0 saturated carbocycles. The van der Waals surface area contributed by atoms with Crippen LogP contribution in [0.25, 0.3) is 0 Å². The summed E-state index contributed by atoms with van der Waals surface area (Å²) in [6, 6.07) is 5.94. The smallest absolute Gasteiger partial charge is 0.401 e. The number of allylic oxidation sites excluding steroid dienone is 4. The maximum atomic E-state index is 15.7. The van der Waals surface area contributed by atoms with Crippen LogP contribution in [0.4, 0.5) is 22.0 Å². The third kappa shape index (κ3) is 8.82. The Hall–Kier alpha value is -3.05. The number of rotatable bonds is 11. The Bertz CT molecular complexity index is 1740. The van der Waals surface area contributed by atoms with Gasteiger partial charge in [-0.3, -0.25) is 4.90 Å². The number of likely N-dealkylation sites (tertiary alicyclic amines) is 1. The molecule has 49 heavy (non-hydrogen) atoms. The number of methoxy groups -OCH3 is 2. The van der Waals surface area contributed by atoms with Gasteiger partial charge in [-0.25, -0.2) is 31.2 Å². The van der Waals surface area contributed by atoms with Crippen molar-refractivity contribution in [1.82, 2.24) is 13.9 Å². The molecule has 2 aromatic rings. The molecule has 268 valence electrons. The predicted octanol–water partition coefficient (Wildman–Crippen LogP) is 6.71. The second kappa shape index (κ2) is 15.5. The van der Waals surface area contributed by atoms with Gasteiger partial charge in [0.25, 0.3) is 10.0 Å². The second-order valence-corrected chi connectivity index (χ2v) is 15.1. The highest BCUT2D eigenvalue weighted by Crippen LogP contribution is 2.39. The molecule has 5 rings (SSSR count). The molecule has 0 spiro atoms. The number of alkyl halides is 3. The fraction of sp³-hybridized carbons (Fsp3) is 0.469. The molecule has 9 nitrogen and oxygen atoms in total. The molecule has 0 bridgehead atoms. The Morgan fingerprint density at radius 3 is 2.53 bits per heavy atom. The van der Waals surface area contributed by atoms with Gasteiger partial charge in [0.1, 0.15) is 28.9 Å². The lowest BCUT2D eigenvalue weighted by Crippen LogP contribution is -2.47. The van der Waals surface area contributed by atoms with Crippen LogP contribution in [0, 0.1) is 29.4 Å². The van der Waals surface area contributed by atoms with Crippen molar-refractivity contribution in [2.75, 3.05) is 47.1 Å². The normalized spacial score (nSPS) is 21.9. The first-order valence-electron chi connectivity index (χ1n) is 15.3. The molecule has 0 radical (unpaired) electrons. The van der Waals surface area contributed by atoms with Gasteiger partial charge in [0.15, 0.2) is 16.7 Å². The fourth-order valence-electron chi connectivity index (χ4n) is 6.19. The number of hydrogen-bond donors (Lipinski definition) is 1. The average molecular weight is 751 g/mol. The van der Waals surface area contributed by atoms with Crippen LogP contribution in [0.3, 0.4) is 0 Å². The van der Waals surface area contributed by atoms with Gasteiger partial charge in [0.05, 0.1) is 33.9 Å². The van der Waals surface area contributed by atoms with Crippen LogP contribution < -0.4 is 18.9 Å². The fourth-order valence-corrected chi connectivity index (χ4v) is 8.66. The molecule has 1 aliphatic carbocycles. The molecule has 0 aromatic heterocycles. The first-order chi connectivity index (χ1) is 23.2. The number of amidine groups is 1. The topological polar surface area (TPSA) is 92.7 Å². The van der Waals surface area contributed by atoms with Crippen LogP contribution in [0.1, 0.15) is 25.3 Å². The van der Waals surface area contributed by atoms with E-state index in [9.17, 15) is 21.6 Å². The highest BCUT2D eigenvalue weighted by atomic mass is 35.5. The first-order valence-corrected chi connectivity index (χ1v) is 18.0. The molecule has 0 amide bonds. The van der Waals surface area contributed by atoms with Crippen molar-refractivity contribution in [3.05, 3.63) is 70.3 Å². The van der Waals surface area contributed by atoms with E-state index in [0.29, 0.717) is 47.1 Å². The second-order valence-electron chi connectivity index (χ2n) is 12.0. The van der Waals surface area contributed by atoms with Crippen LogP contribution in [0.5, 0.6) is 17.2 Å². The van der Waals surface area contributed by atoms with Crippen molar-refractivity contribution in [2.45, 2.75) is 37.4 Å². The summed E-state index contributed by atoms with van der Waals surface area (Å²) in [5.41, 5.74) is 1.41. The monoisotopic (exact) mass is 750 g/mol. The van der Waals surface area contributed by atoms with Gasteiger partial charge in [0.2, 0.25) is 0 Å². The minimum absolute atomic E-state index is 0.00669. The van der Waals surface area contributed by atoms with E-state index >= 15 is 8.78 Å². The van der Waals surface area contributed by atoms with E-state index < -0.39 is 50.9 Å². The lowest BCUT2D eigenvalue weighted by atomic mass is 9.76. The van der Waals surface area contributed by atoms with Gasteiger partial charge >= 0.3 is 6.18 Å². The zero-order chi connectivity index (χ0) is 35.5. The number of piperidine rings is 1. The van der Waals surface area contributed by atoms with Gasteiger partial charge in [-0.1, -0.05) is 30.2 Å². The summed E-state index contributed by atoms with van der Waals surface area (Å²) in [7, 11) is -1.88. The largest absolute Gasteiger partial charge is 0.497 e. The lowest BCUT2D eigenvalue weighted by Gasteiger charge is -2.40. The SMILES string of the molecule is COc1ccc(CN(C2=NCNS2)S(=O)(=O)c2cc(F)c(OC[C@@H]3CN(CC(F)(F)F)CC[C@H]3C3=CC=C(Cl)C(C)C3)cc2F)c(OC)c1. The van der Waals surface area contributed by atoms with Gasteiger partial charge in [-0.2, -0.15) is 13.2 Å². The summed E-state index contributed by atoms with van der Waals surface area (Å²) in [5, 5.41) is 0.683. The summed E-state index contributed by atoms with van der Waals surface area (Å²) < 4.78 is 119. The summed E-state index contributed by atoms with van der Waals surface area (Å²) in [5.74, 6) is -2.86. The molecule has 2 aliphatic heterocycles. The minimum atomic E-state index is -4.74. The molecule has 17 heteroatoms. The molecule has 1 unspecified atom stereocenters. The first kappa shape index (κ1) is 37.2. The Morgan fingerprint density at radius 1 is 1.10 bits per heavy atom. The Morgan fingerprint density at radius 2 is 1.88 bits per heavy atom. The van der Waals surface area contributed by atoms with E-state index in [1.165, 1.54) is 19.1 Å². The van der Waals surface area contributed by atoms with Gasteiger partial charge in [-0.05, 0) is 61.4 Å². The van der Waals surface area contributed by atoms with Gasteiger partial charge in [0, 0.05) is 41.3 Å². The quantitative estimate of drug-likeness (QED) is 0.200. The van der Waals surface area contributed by atoms with Crippen LogP contribution in [-0.2, 0) is 16.6 Å². The number of sulfonamides is 1. The maximum Gasteiger partial charge on any atom is 0.401 e. The van der Waals surface area contributed by atoms with Crippen molar-refractivity contribution < 1.29 is 44.6 Å². The highest BCUT2D eigenvalue weighted by molar-refractivity contribution is 8.13. The van der Waals surface area contributed by atoms with Crippen molar-refractivity contribution >= 4 is 38.7 Å². The molecule has 3 aliphatic rings. The third-order valence-corrected chi connectivity index (χ3v) is 11.8. The number of aliphatic imine (C=N–C) groups is 1. The van der Waals surface area contributed by atoms with Crippen LogP contribution >= 0.6 is 23.5 Å². The van der Waals surface area contributed by atoms with E-state index in [4.69, 9.17) is 25.8 Å². The van der Waals surface area contributed by atoms with Gasteiger partial charge < -0.3 is 14.2 Å². The van der Waals surface area contributed by atoms with Gasteiger partial charge in [-0.15, -0.1) is 0 Å². The van der Waals surface area contributed by atoms with E-state index in [2.05, 4.69) is 9.71 Å². The van der Waals surface area contributed by atoms with Crippen molar-refractivity contribution in [3.63, 3.8) is 0 Å². The molecular weight excluding hydrogens is 715 g/mol. The van der Waals surface area contributed by atoms with Crippen molar-refractivity contribution in [3.8, 4) is 17.2 Å². The molecule has 2 heterocycles.